The highest BCUT2D eigenvalue weighted by atomic mass is 19.1. The van der Waals surface area contributed by atoms with Crippen LogP contribution in [0.25, 0.3) is 0 Å². The molecule has 1 atom stereocenters. The maximum absolute atomic E-state index is 12.9. The summed E-state index contributed by atoms with van der Waals surface area (Å²) in [6.45, 7) is 0.742. The number of aliphatic hydroxyl groups excluding tert-OH is 1. The Kier molecular flexibility index (Phi) is 5.38. The van der Waals surface area contributed by atoms with Crippen LogP contribution in [-0.4, -0.2) is 30.9 Å². The molecule has 0 aromatic heterocycles. The zero-order valence-electron chi connectivity index (χ0n) is 9.23. The molecule has 1 unspecified atom stereocenters. The molecule has 1 aromatic rings. The van der Waals surface area contributed by atoms with Gasteiger partial charge in [0.2, 0.25) is 0 Å². The van der Waals surface area contributed by atoms with E-state index in [-0.39, 0.29) is 13.2 Å². The highest BCUT2D eigenvalue weighted by molar-refractivity contribution is 5.64. The van der Waals surface area contributed by atoms with Gasteiger partial charge in [0.25, 0.3) is 0 Å². The summed E-state index contributed by atoms with van der Waals surface area (Å²) in [5.41, 5.74) is 5.26. The zero-order chi connectivity index (χ0) is 12.7. The molecule has 17 heavy (non-hydrogen) atoms. The molecule has 0 aliphatic carbocycles. The highest BCUT2D eigenvalue weighted by Gasteiger charge is 2.07. The molecule has 0 aliphatic rings. The number of amides is 1. The van der Waals surface area contributed by atoms with Crippen LogP contribution in [0.15, 0.2) is 24.3 Å². The van der Waals surface area contributed by atoms with E-state index < -0.39 is 18.0 Å². The third-order valence-electron chi connectivity index (χ3n) is 2.09. The number of aliphatic hydroxyl groups is 1. The molecule has 6 heteroatoms. The van der Waals surface area contributed by atoms with Crippen LogP contribution in [0.1, 0.15) is 11.7 Å². The predicted octanol–water partition coefficient (Wildman–Crippen LogP) is 0.544. The average Bonchev–Trinajstić information content (AvgIpc) is 2.28. The standard InChI is InChI=1S/C11H15FN2O3/c12-9-3-1-2-8(6-9)10(15)7-14-4-5-17-11(13)16/h1-3,6,10,14-15H,4-5,7H2,(H2,13,16). The molecular weight excluding hydrogens is 227 g/mol. The number of nitrogens with one attached hydrogen (secondary N) is 1. The number of primary amides is 1. The molecule has 5 nitrogen and oxygen atoms in total. The Morgan fingerprint density at radius 2 is 2.35 bits per heavy atom. The van der Waals surface area contributed by atoms with Crippen molar-refractivity contribution in [2.45, 2.75) is 6.10 Å². The second-order valence-corrected chi connectivity index (χ2v) is 3.44. The number of hydrogen-bond donors (Lipinski definition) is 3. The lowest BCUT2D eigenvalue weighted by atomic mass is 10.1. The van der Waals surface area contributed by atoms with E-state index >= 15 is 0 Å². The zero-order valence-corrected chi connectivity index (χ0v) is 9.23. The second kappa shape index (κ2) is 6.82. The summed E-state index contributed by atoms with van der Waals surface area (Å²) in [4.78, 5) is 10.2. The van der Waals surface area contributed by atoms with Crippen molar-refractivity contribution in [1.29, 1.82) is 0 Å². The van der Waals surface area contributed by atoms with Crippen LogP contribution in [0.3, 0.4) is 0 Å². The van der Waals surface area contributed by atoms with Crippen molar-refractivity contribution in [3.8, 4) is 0 Å². The van der Waals surface area contributed by atoms with Gasteiger partial charge in [0.05, 0.1) is 6.10 Å². The van der Waals surface area contributed by atoms with E-state index in [1.54, 1.807) is 6.07 Å². The van der Waals surface area contributed by atoms with Gasteiger partial charge in [0.1, 0.15) is 12.4 Å². The van der Waals surface area contributed by atoms with Gasteiger partial charge in [-0.15, -0.1) is 0 Å². The normalized spacial score (nSPS) is 12.1. The number of benzene rings is 1. The van der Waals surface area contributed by atoms with Crippen molar-refractivity contribution in [3.63, 3.8) is 0 Å². The minimum Gasteiger partial charge on any atom is -0.448 e. The van der Waals surface area contributed by atoms with Gasteiger partial charge in [0.15, 0.2) is 0 Å². The first-order chi connectivity index (χ1) is 8.09. The monoisotopic (exact) mass is 242 g/mol. The van der Waals surface area contributed by atoms with Crippen LogP contribution in [0.4, 0.5) is 9.18 Å². The Hall–Kier alpha value is -1.66. The minimum atomic E-state index is -0.836. The Bertz CT molecular complexity index is 373. The number of ether oxygens (including phenoxy) is 1. The summed E-state index contributed by atoms with van der Waals surface area (Å²) in [7, 11) is 0. The maximum Gasteiger partial charge on any atom is 0.404 e. The minimum absolute atomic E-state index is 0.130. The average molecular weight is 242 g/mol. The number of carbonyl (C=O) groups is 1. The lowest BCUT2D eigenvalue weighted by Crippen LogP contribution is -2.27. The molecule has 0 heterocycles. The Labute approximate surface area is 98.4 Å². The fourth-order valence-electron chi connectivity index (χ4n) is 1.29. The topological polar surface area (TPSA) is 84.6 Å². The number of hydrogen-bond acceptors (Lipinski definition) is 4. The smallest absolute Gasteiger partial charge is 0.404 e. The molecule has 0 fully saturated rings. The van der Waals surface area contributed by atoms with Gasteiger partial charge in [-0.3, -0.25) is 0 Å². The number of halogens is 1. The largest absolute Gasteiger partial charge is 0.448 e. The van der Waals surface area contributed by atoms with Crippen LogP contribution in [0, 0.1) is 5.82 Å². The van der Waals surface area contributed by atoms with Crippen molar-refractivity contribution in [3.05, 3.63) is 35.6 Å². The molecule has 0 radical (unpaired) electrons. The van der Waals surface area contributed by atoms with Crippen molar-refractivity contribution < 1.29 is 19.0 Å². The Morgan fingerprint density at radius 1 is 1.59 bits per heavy atom. The number of carbonyl (C=O) groups excluding carboxylic acids is 1. The summed E-state index contributed by atoms with van der Waals surface area (Å²) >= 11 is 0. The summed E-state index contributed by atoms with van der Waals surface area (Å²) < 4.78 is 17.3. The van der Waals surface area contributed by atoms with E-state index in [0.29, 0.717) is 12.1 Å². The molecule has 0 saturated heterocycles. The first-order valence-corrected chi connectivity index (χ1v) is 5.16. The van der Waals surface area contributed by atoms with Crippen LogP contribution < -0.4 is 11.1 Å². The SMILES string of the molecule is NC(=O)OCCNCC(O)c1cccc(F)c1. The van der Waals surface area contributed by atoms with Crippen LogP contribution in [0.5, 0.6) is 0 Å². The Balaban J connectivity index is 2.25. The molecule has 0 aliphatic heterocycles. The van der Waals surface area contributed by atoms with Crippen molar-refractivity contribution >= 4 is 6.09 Å². The van der Waals surface area contributed by atoms with E-state index in [0.717, 1.165) is 0 Å². The van der Waals surface area contributed by atoms with E-state index in [9.17, 15) is 14.3 Å². The van der Waals surface area contributed by atoms with Gasteiger partial charge in [-0.05, 0) is 17.7 Å². The predicted molar refractivity (Wildman–Crippen MR) is 59.8 cm³/mol. The van der Waals surface area contributed by atoms with E-state index in [1.165, 1.54) is 18.2 Å². The summed E-state index contributed by atoms with van der Waals surface area (Å²) in [6, 6.07) is 5.75. The van der Waals surface area contributed by atoms with E-state index in [1.807, 2.05) is 0 Å². The Morgan fingerprint density at radius 3 is 3.00 bits per heavy atom. The third-order valence-corrected chi connectivity index (χ3v) is 2.09. The van der Waals surface area contributed by atoms with Crippen molar-refractivity contribution in [1.82, 2.24) is 5.32 Å². The summed E-state index contributed by atoms with van der Waals surface area (Å²) in [5.74, 6) is -0.390. The van der Waals surface area contributed by atoms with E-state index in [2.05, 4.69) is 10.1 Å². The van der Waals surface area contributed by atoms with Crippen LogP contribution in [0.2, 0.25) is 0 Å². The van der Waals surface area contributed by atoms with Gasteiger partial charge in [-0.1, -0.05) is 12.1 Å². The number of nitrogens with two attached hydrogens (primary N) is 1. The lowest BCUT2D eigenvalue weighted by Gasteiger charge is -2.12. The second-order valence-electron chi connectivity index (χ2n) is 3.44. The van der Waals surface area contributed by atoms with Crippen LogP contribution >= 0.6 is 0 Å². The molecule has 1 aromatic carbocycles. The molecular formula is C11H15FN2O3. The first kappa shape index (κ1) is 13.4. The van der Waals surface area contributed by atoms with Gasteiger partial charge < -0.3 is 20.9 Å². The molecule has 4 N–H and O–H groups in total. The maximum atomic E-state index is 12.9. The molecule has 1 amide bonds. The highest BCUT2D eigenvalue weighted by Crippen LogP contribution is 2.12. The van der Waals surface area contributed by atoms with Gasteiger partial charge in [0, 0.05) is 13.1 Å². The van der Waals surface area contributed by atoms with Crippen LogP contribution in [-0.2, 0) is 4.74 Å². The lowest BCUT2D eigenvalue weighted by molar-refractivity contribution is 0.149. The van der Waals surface area contributed by atoms with Gasteiger partial charge >= 0.3 is 6.09 Å². The fraction of sp³-hybridized carbons (Fsp3) is 0.364. The van der Waals surface area contributed by atoms with Gasteiger partial charge in [-0.2, -0.15) is 0 Å². The molecule has 94 valence electrons. The molecule has 0 bridgehead atoms. The molecule has 0 spiro atoms. The summed E-state index contributed by atoms with van der Waals surface area (Å²) in [5, 5.41) is 12.5. The summed E-state index contributed by atoms with van der Waals surface area (Å²) in [6.07, 6.45) is -1.64. The first-order valence-electron chi connectivity index (χ1n) is 5.16. The van der Waals surface area contributed by atoms with E-state index in [4.69, 9.17) is 5.73 Å². The van der Waals surface area contributed by atoms with Crippen molar-refractivity contribution in [2.24, 2.45) is 5.73 Å². The molecule has 1 rings (SSSR count). The fourth-order valence-corrected chi connectivity index (χ4v) is 1.29. The van der Waals surface area contributed by atoms with Gasteiger partial charge in [-0.25, -0.2) is 9.18 Å². The third kappa shape index (κ3) is 5.28. The molecule has 0 saturated carbocycles. The van der Waals surface area contributed by atoms with Crippen molar-refractivity contribution in [2.75, 3.05) is 19.7 Å². The number of rotatable bonds is 6. The quantitative estimate of drug-likeness (QED) is 0.636.